The first-order chi connectivity index (χ1) is 10.9. The quantitative estimate of drug-likeness (QED) is 0.749. The number of fused-ring (bicyclic) bond motifs is 1. The van der Waals surface area contributed by atoms with Crippen molar-refractivity contribution in [3.8, 4) is 0 Å². The molecule has 0 radical (unpaired) electrons. The summed E-state index contributed by atoms with van der Waals surface area (Å²) in [6.45, 7) is 1.70. The molecule has 0 bridgehead atoms. The second-order valence-electron chi connectivity index (χ2n) is 5.04. The Morgan fingerprint density at radius 2 is 1.78 bits per heavy atom. The summed E-state index contributed by atoms with van der Waals surface area (Å²) in [7, 11) is 0. The average molecular weight is 399 g/mol. The summed E-state index contributed by atoms with van der Waals surface area (Å²) in [5, 5.41) is 0.273. The lowest BCUT2D eigenvalue weighted by molar-refractivity contribution is 0.579. The maximum atomic E-state index is 14.3. The zero-order valence-corrected chi connectivity index (χ0v) is 14.3. The third-order valence-corrected chi connectivity index (χ3v) is 4.79. The molecular formula is C16H11BrClF2N3. The molecule has 2 N–H and O–H groups in total. The van der Waals surface area contributed by atoms with Crippen LogP contribution in [0.15, 0.2) is 44.8 Å². The van der Waals surface area contributed by atoms with Crippen LogP contribution in [0.5, 0.6) is 0 Å². The summed E-state index contributed by atoms with van der Waals surface area (Å²) < 4.78 is 29.1. The van der Waals surface area contributed by atoms with Crippen LogP contribution in [0, 0.1) is 11.6 Å². The number of amidine groups is 1. The van der Waals surface area contributed by atoms with Gasteiger partial charge in [-0.1, -0.05) is 17.7 Å². The second kappa shape index (κ2) is 6.02. The summed E-state index contributed by atoms with van der Waals surface area (Å²) in [6.07, 6.45) is 0. The molecule has 1 heterocycles. The lowest BCUT2D eigenvalue weighted by atomic mass is 9.99. The van der Waals surface area contributed by atoms with Gasteiger partial charge in [0, 0.05) is 10.0 Å². The molecule has 0 aliphatic carbocycles. The number of aliphatic imine (C=N–C) groups is 2. The molecule has 118 valence electrons. The molecule has 0 unspecified atom stereocenters. The van der Waals surface area contributed by atoms with Gasteiger partial charge in [0.1, 0.15) is 23.5 Å². The van der Waals surface area contributed by atoms with Crippen molar-refractivity contribution >= 4 is 44.8 Å². The van der Waals surface area contributed by atoms with Crippen molar-refractivity contribution < 1.29 is 8.78 Å². The minimum Gasteiger partial charge on any atom is -0.385 e. The van der Waals surface area contributed by atoms with Gasteiger partial charge in [-0.15, -0.1) is 0 Å². The highest BCUT2D eigenvalue weighted by Crippen LogP contribution is 2.37. The normalized spacial score (nSPS) is 17.2. The second-order valence-corrected chi connectivity index (χ2v) is 6.27. The summed E-state index contributed by atoms with van der Waals surface area (Å²) >= 11 is 9.66. The lowest BCUT2D eigenvalue weighted by Gasteiger charge is -2.13. The predicted octanol–water partition coefficient (Wildman–Crippen LogP) is 4.61. The van der Waals surface area contributed by atoms with Crippen LogP contribution in [0.3, 0.4) is 0 Å². The maximum absolute atomic E-state index is 14.3. The van der Waals surface area contributed by atoms with E-state index in [1.54, 1.807) is 19.1 Å². The van der Waals surface area contributed by atoms with Crippen molar-refractivity contribution in [3.63, 3.8) is 0 Å². The third kappa shape index (κ3) is 2.77. The van der Waals surface area contributed by atoms with Crippen molar-refractivity contribution in [1.29, 1.82) is 0 Å². The van der Waals surface area contributed by atoms with Crippen molar-refractivity contribution in [2.75, 3.05) is 0 Å². The largest absolute Gasteiger partial charge is 0.385 e. The Kier molecular flexibility index (Phi) is 4.21. The molecule has 7 heteroatoms. The molecule has 1 atom stereocenters. The van der Waals surface area contributed by atoms with E-state index in [-0.39, 0.29) is 22.1 Å². The topological polar surface area (TPSA) is 50.7 Å². The van der Waals surface area contributed by atoms with Gasteiger partial charge in [0.15, 0.2) is 0 Å². The third-order valence-electron chi connectivity index (χ3n) is 3.51. The van der Waals surface area contributed by atoms with Crippen molar-refractivity contribution in [3.05, 3.63) is 62.6 Å². The standard InChI is InChI=1S/C16H11BrClF2N3/c1-7-16(21)23-11-6-5-8(17)14(18)13(11)15(22-7)12-9(19)3-2-4-10(12)20/h2-7H,1H3,(H2,21,23)/t7-/m0/s1. The van der Waals surface area contributed by atoms with Crippen molar-refractivity contribution in [2.45, 2.75) is 13.0 Å². The molecule has 0 amide bonds. The van der Waals surface area contributed by atoms with Gasteiger partial charge in [-0.2, -0.15) is 0 Å². The van der Waals surface area contributed by atoms with Gasteiger partial charge in [-0.3, -0.25) is 4.99 Å². The van der Waals surface area contributed by atoms with E-state index in [1.165, 1.54) is 18.2 Å². The molecule has 0 aromatic heterocycles. The highest BCUT2D eigenvalue weighted by Gasteiger charge is 2.26. The minimum absolute atomic E-state index is 0.0959. The first kappa shape index (κ1) is 16.1. The Hall–Kier alpha value is -1.79. The fraction of sp³-hybridized carbons (Fsp3) is 0.125. The van der Waals surface area contributed by atoms with Crippen LogP contribution in [0.25, 0.3) is 0 Å². The molecule has 0 saturated carbocycles. The average Bonchev–Trinajstić information content (AvgIpc) is 2.61. The first-order valence-corrected chi connectivity index (χ1v) is 7.92. The Bertz CT molecular complexity index is 844. The number of hydrogen-bond donors (Lipinski definition) is 1. The van der Waals surface area contributed by atoms with E-state index in [0.717, 1.165) is 0 Å². The molecule has 1 aliphatic heterocycles. The van der Waals surface area contributed by atoms with Crippen molar-refractivity contribution in [2.24, 2.45) is 15.7 Å². The molecule has 2 aromatic rings. The smallest absolute Gasteiger partial charge is 0.135 e. The predicted molar refractivity (Wildman–Crippen MR) is 91.9 cm³/mol. The molecule has 0 fully saturated rings. The van der Waals surface area contributed by atoms with Crippen LogP contribution in [-0.2, 0) is 0 Å². The molecule has 0 saturated heterocycles. The summed E-state index contributed by atoms with van der Waals surface area (Å²) in [4.78, 5) is 8.66. The Balaban J connectivity index is 2.39. The van der Waals surface area contributed by atoms with E-state index < -0.39 is 17.7 Å². The van der Waals surface area contributed by atoms with E-state index in [4.69, 9.17) is 17.3 Å². The van der Waals surface area contributed by atoms with E-state index in [0.29, 0.717) is 15.7 Å². The van der Waals surface area contributed by atoms with E-state index >= 15 is 0 Å². The van der Waals surface area contributed by atoms with Crippen LogP contribution >= 0.6 is 27.5 Å². The fourth-order valence-electron chi connectivity index (χ4n) is 2.33. The Morgan fingerprint density at radius 1 is 1.13 bits per heavy atom. The summed E-state index contributed by atoms with van der Waals surface area (Å²) in [6, 6.07) is 6.47. The Labute approximate surface area is 145 Å². The number of hydrogen-bond acceptors (Lipinski definition) is 3. The van der Waals surface area contributed by atoms with Gasteiger partial charge >= 0.3 is 0 Å². The van der Waals surface area contributed by atoms with E-state index in [2.05, 4.69) is 25.9 Å². The summed E-state index contributed by atoms with van der Waals surface area (Å²) in [5.41, 5.74) is 6.51. The number of rotatable bonds is 1. The monoisotopic (exact) mass is 397 g/mol. The molecule has 3 nitrogen and oxygen atoms in total. The molecule has 3 rings (SSSR count). The van der Waals surface area contributed by atoms with Gasteiger partial charge in [-0.05, 0) is 47.1 Å². The molecular weight excluding hydrogens is 388 g/mol. The number of nitrogens with two attached hydrogens (primary N) is 1. The van der Waals surface area contributed by atoms with Gasteiger partial charge in [0.25, 0.3) is 0 Å². The van der Waals surface area contributed by atoms with Crippen LogP contribution in [0.4, 0.5) is 14.5 Å². The molecule has 23 heavy (non-hydrogen) atoms. The number of halogens is 4. The molecule has 0 spiro atoms. The van der Waals surface area contributed by atoms with Crippen molar-refractivity contribution in [1.82, 2.24) is 0 Å². The minimum atomic E-state index is -0.724. The highest BCUT2D eigenvalue weighted by molar-refractivity contribution is 9.10. The van der Waals surface area contributed by atoms with E-state index in [9.17, 15) is 8.78 Å². The zero-order chi connectivity index (χ0) is 16.7. The van der Waals surface area contributed by atoms with Crippen LogP contribution in [-0.4, -0.2) is 17.6 Å². The summed E-state index contributed by atoms with van der Waals surface area (Å²) in [5.74, 6) is -1.20. The number of benzene rings is 2. The van der Waals surface area contributed by atoms with Crippen LogP contribution in [0.2, 0.25) is 5.02 Å². The van der Waals surface area contributed by atoms with Gasteiger partial charge in [0.2, 0.25) is 0 Å². The zero-order valence-electron chi connectivity index (χ0n) is 11.9. The van der Waals surface area contributed by atoms with Gasteiger partial charge < -0.3 is 5.73 Å². The maximum Gasteiger partial charge on any atom is 0.135 e. The SMILES string of the molecule is C[C@@H]1N=C(c2c(F)cccc2F)c2c(ccc(Br)c2Cl)N=C1N. The Morgan fingerprint density at radius 3 is 2.43 bits per heavy atom. The lowest BCUT2D eigenvalue weighted by Crippen LogP contribution is -2.24. The van der Waals surface area contributed by atoms with Gasteiger partial charge in [0.05, 0.1) is 22.0 Å². The first-order valence-electron chi connectivity index (χ1n) is 6.74. The highest BCUT2D eigenvalue weighted by atomic mass is 79.9. The van der Waals surface area contributed by atoms with Crippen LogP contribution in [0.1, 0.15) is 18.1 Å². The fourth-order valence-corrected chi connectivity index (χ4v) is 2.91. The van der Waals surface area contributed by atoms with Gasteiger partial charge in [-0.25, -0.2) is 13.8 Å². The van der Waals surface area contributed by atoms with E-state index in [1.807, 2.05) is 0 Å². The van der Waals surface area contributed by atoms with Crippen LogP contribution < -0.4 is 5.73 Å². The molecule has 1 aliphatic rings. The molecule has 2 aromatic carbocycles. The number of nitrogens with zero attached hydrogens (tertiary/aromatic N) is 2.